The van der Waals surface area contributed by atoms with Gasteiger partial charge in [0.1, 0.15) is 25.0 Å². The quantitative estimate of drug-likeness (QED) is 0.778. The zero-order chi connectivity index (χ0) is 12.8. The molecule has 1 aromatic rings. The number of benzene rings is 1. The maximum Gasteiger partial charge on any atom is 0.137 e. The van der Waals surface area contributed by atoms with Crippen molar-refractivity contribution in [1.29, 1.82) is 0 Å². The number of ether oxygens (including phenoxy) is 1. The highest BCUT2D eigenvalue weighted by molar-refractivity contribution is 5.27. The van der Waals surface area contributed by atoms with Crippen LogP contribution in [0.2, 0.25) is 0 Å². The smallest absolute Gasteiger partial charge is 0.137 e. The highest BCUT2D eigenvalue weighted by atomic mass is 16.5. The van der Waals surface area contributed by atoms with Gasteiger partial charge in [0.25, 0.3) is 0 Å². The third-order valence-electron chi connectivity index (χ3n) is 3.61. The van der Waals surface area contributed by atoms with Crippen molar-refractivity contribution in [2.75, 3.05) is 26.2 Å². The predicted molar refractivity (Wildman–Crippen MR) is 72.1 cm³/mol. The fourth-order valence-corrected chi connectivity index (χ4v) is 2.49. The van der Waals surface area contributed by atoms with Gasteiger partial charge in [0.05, 0.1) is 13.1 Å². The van der Waals surface area contributed by atoms with E-state index in [0.717, 1.165) is 18.7 Å². The SMILES string of the molecule is CCc1ccc(OC[C@@H](O)C[NH+]2CCCC2)cc1. The van der Waals surface area contributed by atoms with Crippen molar-refractivity contribution in [3.63, 3.8) is 0 Å². The van der Waals surface area contributed by atoms with Gasteiger partial charge in [-0.25, -0.2) is 0 Å². The molecule has 0 saturated carbocycles. The van der Waals surface area contributed by atoms with E-state index in [1.165, 1.54) is 36.4 Å². The molecule has 1 aliphatic heterocycles. The van der Waals surface area contributed by atoms with E-state index < -0.39 is 0 Å². The number of hydrogen-bond acceptors (Lipinski definition) is 2. The van der Waals surface area contributed by atoms with Gasteiger partial charge in [0, 0.05) is 12.8 Å². The van der Waals surface area contributed by atoms with Gasteiger partial charge in [-0.15, -0.1) is 0 Å². The summed E-state index contributed by atoms with van der Waals surface area (Å²) in [4.78, 5) is 1.51. The van der Waals surface area contributed by atoms with Crippen LogP contribution in [0.3, 0.4) is 0 Å². The molecular formula is C15H24NO2+. The molecule has 0 radical (unpaired) electrons. The van der Waals surface area contributed by atoms with Crippen LogP contribution in [0.1, 0.15) is 25.3 Å². The molecule has 2 rings (SSSR count). The van der Waals surface area contributed by atoms with Crippen LogP contribution < -0.4 is 9.64 Å². The maximum absolute atomic E-state index is 9.93. The Hall–Kier alpha value is -1.06. The van der Waals surface area contributed by atoms with Crippen LogP contribution in [-0.2, 0) is 6.42 Å². The number of nitrogens with one attached hydrogen (secondary N) is 1. The molecule has 0 unspecified atom stereocenters. The van der Waals surface area contributed by atoms with Gasteiger partial charge in [-0.3, -0.25) is 0 Å². The van der Waals surface area contributed by atoms with Crippen LogP contribution in [0.4, 0.5) is 0 Å². The Morgan fingerprint density at radius 1 is 1.22 bits per heavy atom. The summed E-state index contributed by atoms with van der Waals surface area (Å²) in [6, 6.07) is 8.11. The highest BCUT2D eigenvalue weighted by Gasteiger charge is 2.19. The topological polar surface area (TPSA) is 33.9 Å². The van der Waals surface area contributed by atoms with Crippen molar-refractivity contribution in [1.82, 2.24) is 0 Å². The van der Waals surface area contributed by atoms with Crippen molar-refractivity contribution >= 4 is 0 Å². The Kier molecular flexibility index (Phi) is 5.02. The van der Waals surface area contributed by atoms with E-state index >= 15 is 0 Å². The summed E-state index contributed by atoms with van der Waals surface area (Å²) in [5.41, 5.74) is 1.31. The molecule has 1 aliphatic rings. The molecule has 1 atom stereocenters. The van der Waals surface area contributed by atoms with Crippen molar-refractivity contribution in [2.45, 2.75) is 32.3 Å². The number of quaternary nitrogens is 1. The average molecular weight is 250 g/mol. The molecule has 0 aliphatic carbocycles. The Balaban J connectivity index is 1.72. The molecule has 18 heavy (non-hydrogen) atoms. The summed E-state index contributed by atoms with van der Waals surface area (Å²) in [7, 11) is 0. The first kappa shape index (κ1) is 13.4. The number of aliphatic hydroxyl groups excluding tert-OH is 1. The normalized spacial score (nSPS) is 17.9. The molecule has 3 nitrogen and oxygen atoms in total. The van der Waals surface area contributed by atoms with E-state index in [-0.39, 0.29) is 6.10 Å². The van der Waals surface area contributed by atoms with Crippen LogP contribution in [0.5, 0.6) is 5.75 Å². The number of hydrogen-bond donors (Lipinski definition) is 2. The van der Waals surface area contributed by atoms with Crippen molar-refractivity contribution in [2.24, 2.45) is 0 Å². The number of aliphatic hydroxyl groups is 1. The lowest BCUT2D eigenvalue weighted by atomic mass is 10.2. The molecule has 1 saturated heterocycles. The molecule has 1 aromatic carbocycles. The molecule has 2 N–H and O–H groups in total. The number of aryl methyl sites for hydroxylation is 1. The second-order valence-electron chi connectivity index (χ2n) is 5.12. The largest absolute Gasteiger partial charge is 0.491 e. The van der Waals surface area contributed by atoms with Gasteiger partial charge in [0.15, 0.2) is 0 Å². The molecule has 100 valence electrons. The monoisotopic (exact) mass is 250 g/mol. The minimum atomic E-state index is -0.357. The first-order chi connectivity index (χ1) is 8.78. The summed E-state index contributed by atoms with van der Waals surface area (Å²) in [5.74, 6) is 0.850. The Morgan fingerprint density at radius 2 is 1.89 bits per heavy atom. The third-order valence-corrected chi connectivity index (χ3v) is 3.61. The van der Waals surface area contributed by atoms with Crippen molar-refractivity contribution in [3.05, 3.63) is 29.8 Å². The maximum atomic E-state index is 9.93. The minimum absolute atomic E-state index is 0.357. The summed E-state index contributed by atoms with van der Waals surface area (Å²) in [6.45, 7) is 5.74. The van der Waals surface area contributed by atoms with E-state index in [2.05, 4.69) is 19.1 Å². The second-order valence-corrected chi connectivity index (χ2v) is 5.12. The van der Waals surface area contributed by atoms with Gasteiger partial charge in [-0.2, -0.15) is 0 Å². The van der Waals surface area contributed by atoms with E-state index in [9.17, 15) is 5.11 Å². The molecule has 1 heterocycles. The molecule has 0 amide bonds. The van der Waals surface area contributed by atoms with Gasteiger partial charge in [-0.1, -0.05) is 19.1 Å². The summed E-state index contributed by atoms with van der Waals surface area (Å²) in [5, 5.41) is 9.93. The van der Waals surface area contributed by atoms with E-state index in [1.54, 1.807) is 0 Å². The Bertz CT molecular complexity index is 344. The summed E-state index contributed by atoms with van der Waals surface area (Å²) >= 11 is 0. The average Bonchev–Trinajstić information content (AvgIpc) is 2.90. The van der Waals surface area contributed by atoms with Crippen LogP contribution in [0, 0.1) is 0 Å². The Morgan fingerprint density at radius 3 is 2.50 bits per heavy atom. The van der Waals surface area contributed by atoms with Crippen LogP contribution >= 0.6 is 0 Å². The third kappa shape index (κ3) is 4.00. The van der Waals surface area contributed by atoms with Crippen molar-refractivity contribution < 1.29 is 14.7 Å². The van der Waals surface area contributed by atoms with Crippen LogP contribution in [0.15, 0.2) is 24.3 Å². The second kappa shape index (κ2) is 6.76. The fourth-order valence-electron chi connectivity index (χ4n) is 2.49. The van der Waals surface area contributed by atoms with Gasteiger partial charge < -0.3 is 14.7 Å². The number of rotatable bonds is 6. The summed E-state index contributed by atoms with van der Waals surface area (Å²) in [6.07, 6.45) is 3.27. The van der Waals surface area contributed by atoms with Gasteiger partial charge >= 0.3 is 0 Å². The van der Waals surface area contributed by atoms with Crippen LogP contribution in [-0.4, -0.2) is 37.5 Å². The van der Waals surface area contributed by atoms with E-state index in [0.29, 0.717) is 6.61 Å². The molecule has 3 heteroatoms. The molecular weight excluding hydrogens is 226 g/mol. The molecule has 0 spiro atoms. The lowest BCUT2D eigenvalue weighted by Crippen LogP contribution is -3.11. The zero-order valence-electron chi connectivity index (χ0n) is 11.2. The van der Waals surface area contributed by atoms with E-state index in [4.69, 9.17) is 4.74 Å². The Labute approximate surface area is 109 Å². The first-order valence-electron chi connectivity index (χ1n) is 7.01. The predicted octanol–water partition coefficient (Wildman–Crippen LogP) is 0.667. The van der Waals surface area contributed by atoms with Gasteiger partial charge in [-0.05, 0) is 24.1 Å². The molecule has 0 aromatic heterocycles. The van der Waals surface area contributed by atoms with Crippen molar-refractivity contribution in [3.8, 4) is 5.75 Å². The van der Waals surface area contributed by atoms with Crippen LogP contribution in [0.25, 0.3) is 0 Å². The lowest BCUT2D eigenvalue weighted by Gasteiger charge is -2.17. The first-order valence-corrected chi connectivity index (χ1v) is 7.01. The molecule has 1 fully saturated rings. The van der Waals surface area contributed by atoms with Gasteiger partial charge in [0.2, 0.25) is 0 Å². The fraction of sp³-hybridized carbons (Fsp3) is 0.600. The summed E-state index contributed by atoms with van der Waals surface area (Å²) < 4.78 is 5.61. The van der Waals surface area contributed by atoms with E-state index in [1.807, 2.05) is 12.1 Å². The minimum Gasteiger partial charge on any atom is -0.491 e. The highest BCUT2D eigenvalue weighted by Crippen LogP contribution is 2.12. The lowest BCUT2D eigenvalue weighted by molar-refractivity contribution is -0.890. The zero-order valence-corrected chi connectivity index (χ0v) is 11.2. The number of likely N-dealkylation sites (tertiary alicyclic amines) is 1. The molecule has 0 bridgehead atoms. The standard InChI is InChI=1S/C15H23NO2/c1-2-13-5-7-15(8-6-13)18-12-14(17)11-16-9-3-4-10-16/h5-8,14,17H,2-4,9-12H2,1H3/p+1/t14-/m0/s1.